The number of hydrogen-bond acceptors (Lipinski definition) is 6. The smallest absolute Gasteiger partial charge is 0.326 e. The van der Waals surface area contributed by atoms with Gasteiger partial charge in [-0.3, -0.25) is 19.7 Å². The number of imide groups is 1. The first-order valence-corrected chi connectivity index (χ1v) is 9.46. The highest BCUT2D eigenvalue weighted by atomic mass is 32.1. The fourth-order valence-corrected chi connectivity index (χ4v) is 3.26. The molecule has 9 heteroatoms. The van der Waals surface area contributed by atoms with Gasteiger partial charge in [0, 0.05) is 6.04 Å². The number of ether oxygens (including phenoxy) is 1. The van der Waals surface area contributed by atoms with Gasteiger partial charge in [0.1, 0.15) is 6.54 Å². The number of amides is 4. The van der Waals surface area contributed by atoms with E-state index < -0.39 is 24.0 Å². The molecular weight excluding hydrogens is 358 g/mol. The van der Waals surface area contributed by atoms with Crippen LogP contribution in [0.25, 0.3) is 0 Å². The quantitative estimate of drug-likeness (QED) is 0.647. The number of hydrogen-bond donors (Lipinski definition) is 3. The summed E-state index contributed by atoms with van der Waals surface area (Å²) in [6.45, 7) is 1.00. The van der Waals surface area contributed by atoms with Gasteiger partial charge in [-0.25, -0.2) is 4.79 Å². The van der Waals surface area contributed by atoms with Gasteiger partial charge >= 0.3 is 12.0 Å². The van der Waals surface area contributed by atoms with E-state index in [4.69, 9.17) is 4.74 Å². The molecule has 142 valence electrons. The van der Waals surface area contributed by atoms with E-state index >= 15 is 0 Å². The van der Waals surface area contributed by atoms with Gasteiger partial charge in [0.2, 0.25) is 0 Å². The summed E-state index contributed by atoms with van der Waals surface area (Å²) in [5.41, 5.74) is 0. The van der Waals surface area contributed by atoms with Gasteiger partial charge in [-0.15, -0.1) is 11.3 Å². The van der Waals surface area contributed by atoms with Gasteiger partial charge in [-0.1, -0.05) is 25.3 Å². The minimum atomic E-state index is -1.14. The van der Waals surface area contributed by atoms with Crippen LogP contribution in [-0.4, -0.2) is 42.5 Å². The fourth-order valence-electron chi connectivity index (χ4n) is 2.62. The number of carbonyl (C=O) groups excluding carboxylic acids is 4. The lowest BCUT2D eigenvalue weighted by Gasteiger charge is -2.23. The van der Waals surface area contributed by atoms with Crippen molar-refractivity contribution in [3.63, 3.8) is 0 Å². The largest absolute Gasteiger partial charge is 0.451 e. The van der Waals surface area contributed by atoms with Crippen LogP contribution in [0.1, 0.15) is 48.7 Å². The standard InChI is InChI=1S/C17H23N3O5S/c1-11(15(22)20-17(24)19-12-6-3-2-4-7-12)25-14(21)10-18-16(23)13-8-5-9-26-13/h5,8-9,11-12H,2-4,6-7,10H2,1H3,(H,18,23)(H2,19,20,22,24)/t11-/m0/s1. The second-order valence-electron chi connectivity index (χ2n) is 6.09. The van der Waals surface area contributed by atoms with Crippen molar-refractivity contribution in [1.29, 1.82) is 0 Å². The summed E-state index contributed by atoms with van der Waals surface area (Å²) in [6, 6.07) is 2.84. The van der Waals surface area contributed by atoms with Crippen LogP contribution < -0.4 is 16.0 Å². The van der Waals surface area contributed by atoms with Gasteiger partial charge < -0.3 is 15.4 Å². The first kappa shape index (κ1) is 19.9. The lowest BCUT2D eigenvalue weighted by Crippen LogP contribution is -2.48. The predicted molar refractivity (Wildman–Crippen MR) is 95.8 cm³/mol. The van der Waals surface area contributed by atoms with E-state index in [2.05, 4.69) is 16.0 Å². The molecule has 0 aromatic carbocycles. The maximum atomic E-state index is 11.9. The normalized spacial score (nSPS) is 15.6. The molecule has 8 nitrogen and oxygen atoms in total. The molecule has 1 aliphatic carbocycles. The van der Waals surface area contributed by atoms with Crippen LogP contribution in [0.2, 0.25) is 0 Å². The van der Waals surface area contributed by atoms with Crippen molar-refractivity contribution in [2.24, 2.45) is 0 Å². The van der Waals surface area contributed by atoms with E-state index in [9.17, 15) is 19.2 Å². The lowest BCUT2D eigenvalue weighted by molar-refractivity contribution is -0.153. The van der Waals surface area contributed by atoms with Crippen molar-refractivity contribution in [2.45, 2.75) is 51.2 Å². The van der Waals surface area contributed by atoms with Crippen LogP contribution in [0.4, 0.5) is 4.79 Å². The van der Waals surface area contributed by atoms with Crippen LogP contribution >= 0.6 is 11.3 Å². The molecule has 1 atom stereocenters. The van der Waals surface area contributed by atoms with E-state index in [0.29, 0.717) is 4.88 Å². The minimum absolute atomic E-state index is 0.0712. The first-order valence-electron chi connectivity index (χ1n) is 8.58. The maximum absolute atomic E-state index is 11.9. The molecule has 3 N–H and O–H groups in total. The van der Waals surface area contributed by atoms with E-state index in [1.807, 2.05) is 0 Å². The van der Waals surface area contributed by atoms with Gasteiger partial charge in [0.15, 0.2) is 6.10 Å². The second-order valence-corrected chi connectivity index (χ2v) is 7.04. The van der Waals surface area contributed by atoms with E-state index in [-0.39, 0.29) is 18.5 Å². The second kappa shape index (κ2) is 9.91. The molecule has 0 spiro atoms. The third kappa shape index (κ3) is 6.47. The van der Waals surface area contributed by atoms with Crippen molar-refractivity contribution in [1.82, 2.24) is 16.0 Å². The summed E-state index contributed by atoms with van der Waals surface area (Å²) in [7, 11) is 0. The third-order valence-electron chi connectivity index (χ3n) is 3.99. The van der Waals surface area contributed by atoms with Crippen LogP contribution in [0.5, 0.6) is 0 Å². The van der Waals surface area contributed by atoms with E-state index in [1.165, 1.54) is 18.3 Å². The van der Waals surface area contributed by atoms with E-state index in [1.54, 1.807) is 17.5 Å². The number of thiophene rings is 1. The van der Waals surface area contributed by atoms with Gasteiger partial charge in [-0.05, 0) is 31.2 Å². The van der Waals surface area contributed by atoms with Gasteiger partial charge in [-0.2, -0.15) is 0 Å². The molecule has 1 aromatic rings. The first-order chi connectivity index (χ1) is 12.5. The molecule has 1 fully saturated rings. The molecule has 1 saturated carbocycles. The zero-order valence-electron chi connectivity index (χ0n) is 14.6. The molecule has 0 aliphatic heterocycles. The Balaban J connectivity index is 1.67. The molecule has 1 heterocycles. The molecule has 26 heavy (non-hydrogen) atoms. The molecule has 0 saturated heterocycles. The van der Waals surface area contributed by atoms with Gasteiger partial charge in [0.05, 0.1) is 4.88 Å². The molecule has 0 unspecified atom stereocenters. The Bertz CT molecular complexity index is 641. The number of nitrogens with one attached hydrogen (secondary N) is 3. The Morgan fingerprint density at radius 1 is 1.23 bits per heavy atom. The Kier molecular flexibility index (Phi) is 7.58. The summed E-state index contributed by atoms with van der Waals surface area (Å²) >= 11 is 1.25. The highest BCUT2D eigenvalue weighted by Gasteiger charge is 2.22. The topological polar surface area (TPSA) is 114 Å². The predicted octanol–water partition coefficient (Wildman–Crippen LogP) is 1.57. The average Bonchev–Trinajstić information content (AvgIpc) is 3.15. The maximum Gasteiger partial charge on any atom is 0.326 e. The van der Waals surface area contributed by atoms with Crippen molar-refractivity contribution >= 4 is 35.2 Å². The van der Waals surface area contributed by atoms with Crippen LogP contribution in [-0.2, 0) is 14.3 Å². The number of urea groups is 1. The Labute approximate surface area is 155 Å². The molecule has 0 bridgehead atoms. The number of carbonyl (C=O) groups is 4. The molecule has 4 amide bonds. The molecule has 0 radical (unpaired) electrons. The lowest BCUT2D eigenvalue weighted by atomic mass is 9.96. The number of rotatable bonds is 6. The zero-order chi connectivity index (χ0) is 18.9. The van der Waals surface area contributed by atoms with Crippen molar-refractivity contribution in [3.8, 4) is 0 Å². The van der Waals surface area contributed by atoms with Crippen molar-refractivity contribution in [2.75, 3.05) is 6.54 Å². The highest BCUT2D eigenvalue weighted by molar-refractivity contribution is 7.12. The van der Waals surface area contributed by atoms with Crippen LogP contribution in [0.3, 0.4) is 0 Å². The molecule has 1 aromatic heterocycles. The van der Waals surface area contributed by atoms with Crippen molar-refractivity contribution in [3.05, 3.63) is 22.4 Å². The zero-order valence-corrected chi connectivity index (χ0v) is 15.4. The Hall–Kier alpha value is -2.42. The Morgan fingerprint density at radius 2 is 1.96 bits per heavy atom. The fraction of sp³-hybridized carbons (Fsp3) is 0.529. The summed E-state index contributed by atoms with van der Waals surface area (Å²) in [4.78, 5) is 47.7. The average molecular weight is 381 g/mol. The third-order valence-corrected chi connectivity index (χ3v) is 4.86. The SMILES string of the molecule is C[C@H](OC(=O)CNC(=O)c1cccs1)C(=O)NC(=O)NC1CCCCC1. The monoisotopic (exact) mass is 381 g/mol. The number of esters is 1. The summed E-state index contributed by atoms with van der Waals surface area (Å²) in [5, 5.41) is 9.07. The molecular formula is C17H23N3O5S. The van der Waals surface area contributed by atoms with Crippen LogP contribution in [0.15, 0.2) is 17.5 Å². The van der Waals surface area contributed by atoms with Gasteiger partial charge in [0.25, 0.3) is 11.8 Å². The summed E-state index contributed by atoms with van der Waals surface area (Å²) in [6.07, 6.45) is 3.94. The summed E-state index contributed by atoms with van der Waals surface area (Å²) in [5.74, 6) is -1.86. The molecule has 2 rings (SSSR count). The van der Waals surface area contributed by atoms with Crippen LogP contribution in [0, 0.1) is 0 Å². The summed E-state index contributed by atoms with van der Waals surface area (Å²) < 4.78 is 4.93. The molecule has 1 aliphatic rings. The highest BCUT2D eigenvalue weighted by Crippen LogP contribution is 2.17. The Morgan fingerprint density at radius 3 is 2.62 bits per heavy atom. The van der Waals surface area contributed by atoms with E-state index in [0.717, 1.165) is 32.1 Å². The van der Waals surface area contributed by atoms with Crippen molar-refractivity contribution < 1.29 is 23.9 Å². The minimum Gasteiger partial charge on any atom is -0.451 e.